The molecule has 204 valence electrons. The number of imidazole rings is 1. The molecular formula is C29H24Cl2FN5O3. The number of amides is 2. The number of hydrogen-bond donors (Lipinski definition) is 5. The second kappa shape index (κ2) is 11.4. The Morgan fingerprint density at radius 1 is 1.07 bits per heavy atom. The Labute approximate surface area is 238 Å². The third kappa shape index (κ3) is 5.80. The standard InChI is InChI=1S/C29H24Cl2FN5O3/c1-15-7-9-20(32)19(25(15)30)14-33-29(40)35-22(11-16-5-3-2-4-6-16)28-36-26(27(31)37-28)17-8-10-21-18(12-17)23(38)13-24(39)34-21/h2-10,12-13,22H,11,14H2,1H3,(H,36,37)(H2,33,35,40)(H2,34,38,39)/t22-/m0/s1. The van der Waals surface area contributed by atoms with E-state index in [9.17, 15) is 19.1 Å². The molecule has 2 aromatic heterocycles. The number of aromatic hydroxyl groups is 1. The van der Waals surface area contributed by atoms with Gasteiger partial charge in [0.2, 0.25) is 0 Å². The second-order valence-corrected chi connectivity index (χ2v) is 10.0. The first-order chi connectivity index (χ1) is 19.2. The lowest BCUT2D eigenvalue weighted by Crippen LogP contribution is -2.39. The van der Waals surface area contributed by atoms with Crippen molar-refractivity contribution in [3.8, 4) is 17.0 Å². The maximum absolute atomic E-state index is 14.3. The van der Waals surface area contributed by atoms with Crippen LogP contribution < -0.4 is 16.2 Å². The quantitative estimate of drug-likeness (QED) is 0.158. The Kier molecular flexibility index (Phi) is 7.77. The Balaban J connectivity index is 1.42. The van der Waals surface area contributed by atoms with Gasteiger partial charge in [-0.3, -0.25) is 4.79 Å². The van der Waals surface area contributed by atoms with E-state index in [0.717, 1.165) is 11.6 Å². The highest BCUT2D eigenvalue weighted by molar-refractivity contribution is 6.32. The summed E-state index contributed by atoms with van der Waals surface area (Å²) in [4.78, 5) is 35.0. The molecule has 40 heavy (non-hydrogen) atoms. The first kappa shape index (κ1) is 27.2. The van der Waals surface area contributed by atoms with Crippen LogP contribution in [0.25, 0.3) is 22.2 Å². The fraction of sp³-hybridized carbons (Fsp3) is 0.138. The van der Waals surface area contributed by atoms with Crippen molar-refractivity contribution in [1.82, 2.24) is 25.6 Å². The summed E-state index contributed by atoms with van der Waals surface area (Å²) in [5.74, 6) is -0.285. The van der Waals surface area contributed by atoms with Gasteiger partial charge in [0.15, 0.2) is 0 Å². The average Bonchev–Trinajstić information content (AvgIpc) is 3.32. The zero-order chi connectivity index (χ0) is 28.4. The van der Waals surface area contributed by atoms with Gasteiger partial charge in [-0.05, 0) is 42.7 Å². The lowest BCUT2D eigenvalue weighted by Gasteiger charge is -2.18. The van der Waals surface area contributed by atoms with E-state index in [4.69, 9.17) is 23.2 Å². The largest absolute Gasteiger partial charge is 0.507 e. The number of aromatic nitrogens is 3. The zero-order valence-electron chi connectivity index (χ0n) is 21.2. The van der Waals surface area contributed by atoms with Crippen molar-refractivity contribution in [3.63, 3.8) is 0 Å². The molecule has 0 aliphatic rings. The van der Waals surface area contributed by atoms with Crippen molar-refractivity contribution in [3.05, 3.63) is 116 Å². The minimum atomic E-state index is -0.628. The molecule has 0 aliphatic heterocycles. The molecular weight excluding hydrogens is 556 g/mol. The third-order valence-corrected chi connectivity index (χ3v) is 7.30. The second-order valence-electron chi connectivity index (χ2n) is 9.29. The van der Waals surface area contributed by atoms with E-state index in [1.54, 1.807) is 31.2 Å². The predicted octanol–water partition coefficient (Wildman–Crippen LogP) is 6.16. The van der Waals surface area contributed by atoms with Gasteiger partial charge in [0.1, 0.15) is 28.2 Å². The van der Waals surface area contributed by atoms with Crippen molar-refractivity contribution < 1.29 is 14.3 Å². The van der Waals surface area contributed by atoms with Crippen LogP contribution in [0.5, 0.6) is 5.75 Å². The molecule has 0 aliphatic carbocycles. The summed E-state index contributed by atoms with van der Waals surface area (Å²) in [7, 11) is 0. The van der Waals surface area contributed by atoms with Gasteiger partial charge in [-0.15, -0.1) is 0 Å². The predicted molar refractivity (Wildman–Crippen MR) is 153 cm³/mol. The van der Waals surface area contributed by atoms with Crippen molar-refractivity contribution in [2.24, 2.45) is 0 Å². The maximum atomic E-state index is 14.3. The number of halogens is 3. The molecule has 0 radical (unpaired) electrons. The van der Waals surface area contributed by atoms with Gasteiger partial charge in [0, 0.05) is 29.1 Å². The van der Waals surface area contributed by atoms with E-state index in [1.807, 2.05) is 30.3 Å². The van der Waals surface area contributed by atoms with Crippen molar-refractivity contribution in [1.29, 1.82) is 0 Å². The van der Waals surface area contributed by atoms with Crippen LogP contribution in [0.3, 0.4) is 0 Å². The fourth-order valence-electron chi connectivity index (χ4n) is 4.43. The summed E-state index contributed by atoms with van der Waals surface area (Å²) in [5.41, 5.74) is 2.88. The minimum absolute atomic E-state index is 0.108. The molecule has 5 aromatic rings. The molecule has 0 spiro atoms. The molecule has 0 unspecified atom stereocenters. The number of carbonyl (C=O) groups excluding carboxylic acids is 1. The summed E-state index contributed by atoms with van der Waals surface area (Å²) < 4.78 is 14.3. The minimum Gasteiger partial charge on any atom is -0.507 e. The Bertz CT molecular complexity index is 1770. The molecule has 1 atom stereocenters. The van der Waals surface area contributed by atoms with Crippen LogP contribution in [0.4, 0.5) is 9.18 Å². The van der Waals surface area contributed by atoms with E-state index in [0.29, 0.717) is 40.0 Å². The number of urea groups is 1. The summed E-state index contributed by atoms with van der Waals surface area (Å²) in [6.45, 7) is 1.65. The summed E-state index contributed by atoms with van der Waals surface area (Å²) in [6, 6.07) is 17.4. The maximum Gasteiger partial charge on any atom is 0.315 e. The molecule has 2 amide bonds. The van der Waals surface area contributed by atoms with E-state index in [-0.39, 0.29) is 28.0 Å². The van der Waals surface area contributed by atoms with Crippen molar-refractivity contribution >= 4 is 40.1 Å². The smallest absolute Gasteiger partial charge is 0.315 e. The molecule has 0 saturated carbocycles. The fourth-order valence-corrected chi connectivity index (χ4v) is 4.90. The summed E-state index contributed by atoms with van der Waals surface area (Å²) in [6.07, 6.45) is 0.386. The average molecular weight is 580 g/mol. The van der Waals surface area contributed by atoms with E-state index >= 15 is 0 Å². The molecule has 2 heterocycles. The normalized spacial score (nSPS) is 11.9. The van der Waals surface area contributed by atoms with Crippen molar-refractivity contribution in [2.45, 2.75) is 25.9 Å². The Hall–Kier alpha value is -4.34. The molecule has 0 saturated heterocycles. The van der Waals surface area contributed by atoms with Crippen LogP contribution in [0.15, 0.2) is 71.5 Å². The molecule has 5 N–H and O–H groups in total. The molecule has 8 nitrogen and oxygen atoms in total. The Morgan fingerprint density at radius 2 is 1.85 bits per heavy atom. The van der Waals surface area contributed by atoms with Gasteiger partial charge >= 0.3 is 6.03 Å². The number of carbonyl (C=O) groups is 1. The number of nitrogens with one attached hydrogen (secondary N) is 4. The van der Waals surface area contributed by atoms with Crippen LogP contribution >= 0.6 is 23.2 Å². The summed E-state index contributed by atoms with van der Waals surface area (Å²) >= 11 is 12.8. The van der Waals surface area contributed by atoms with Crippen LogP contribution in [0, 0.1) is 12.7 Å². The number of aryl methyl sites for hydroxylation is 1. The van der Waals surface area contributed by atoms with Gasteiger partial charge in [0.05, 0.1) is 16.6 Å². The number of H-pyrrole nitrogens is 2. The SMILES string of the molecule is Cc1ccc(F)c(CNC(=O)N[C@@H](Cc2ccccc2)c2nc(-c3ccc4[nH]c(=O)cc(O)c4c3)c(Cl)[nH]2)c1Cl. The number of nitrogens with zero attached hydrogens (tertiary/aromatic N) is 1. The highest BCUT2D eigenvalue weighted by Gasteiger charge is 2.22. The number of benzene rings is 3. The van der Waals surface area contributed by atoms with Crippen molar-refractivity contribution in [2.75, 3.05) is 0 Å². The zero-order valence-corrected chi connectivity index (χ0v) is 22.7. The van der Waals surface area contributed by atoms with E-state index in [1.165, 1.54) is 6.07 Å². The molecule has 0 bridgehead atoms. The lowest BCUT2D eigenvalue weighted by atomic mass is 10.1. The molecule has 11 heteroatoms. The molecule has 3 aromatic carbocycles. The van der Waals surface area contributed by atoms with Crippen LogP contribution in [-0.4, -0.2) is 26.1 Å². The number of hydrogen-bond acceptors (Lipinski definition) is 4. The van der Waals surface area contributed by atoms with E-state index < -0.39 is 23.4 Å². The van der Waals surface area contributed by atoms with Crippen LogP contribution in [-0.2, 0) is 13.0 Å². The number of fused-ring (bicyclic) bond motifs is 1. The van der Waals surface area contributed by atoms with E-state index in [2.05, 4.69) is 25.6 Å². The highest BCUT2D eigenvalue weighted by Crippen LogP contribution is 2.32. The number of rotatable bonds is 7. The first-order valence-corrected chi connectivity index (χ1v) is 13.1. The first-order valence-electron chi connectivity index (χ1n) is 12.3. The monoisotopic (exact) mass is 579 g/mol. The lowest BCUT2D eigenvalue weighted by molar-refractivity contribution is 0.236. The topological polar surface area (TPSA) is 123 Å². The number of aromatic amines is 2. The van der Waals surface area contributed by atoms with Gasteiger partial charge < -0.3 is 25.7 Å². The highest BCUT2D eigenvalue weighted by atomic mass is 35.5. The van der Waals surface area contributed by atoms with Crippen LogP contribution in [0.1, 0.15) is 28.6 Å². The van der Waals surface area contributed by atoms with Gasteiger partial charge in [-0.1, -0.05) is 65.7 Å². The van der Waals surface area contributed by atoms with Gasteiger partial charge in [-0.25, -0.2) is 14.2 Å². The summed E-state index contributed by atoms with van der Waals surface area (Å²) in [5, 5.41) is 16.7. The van der Waals surface area contributed by atoms with Gasteiger partial charge in [0.25, 0.3) is 5.56 Å². The molecule has 5 rings (SSSR count). The van der Waals surface area contributed by atoms with Crippen LogP contribution in [0.2, 0.25) is 10.2 Å². The van der Waals surface area contributed by atoms with Gasteiger partial charge in [-0.2, -0.15) is 0 Å². The third-order valence-electron chi connectivity index (χ3n) is 6.50. The molecule has 0 fully saturated rings. The number of pyridine rings is 1. The Morgan fingerprint density at radius 3 is 2.62 bits per heavy atom.